The van der Waals surface area contributed by atoms with Crippen molar-refractivity contribution in [3.05, 3.63) is 51.2 Å². The van der Waals surface area contributed by atoms with Gasteiger partial charge in [-0.05, 0) is 56.9 Å². The maximum atomic E-state index is 12.8. The van der Waals surface area contributed by atoms with E-state index in [2.05, 4.69) is 10.9 Å². The summed E-state index contributed by atoms with van der Waals surface area (Å²) in [7, 11) is -3.56. The van der Waals surface area contributed by atoms with Crippen LogP contribution in [0.15, 0.2) is 35.2 Å². The molecule has 0 radical (unpaired) electrons. The number of aryl methyl sites for hydroxylation is 3. The molecule has 0 saturated carbocycles. The topological polar surface area (TPSA) is 95.6 Å². The van der Waals surface area contributed by atoms with E-state index in [9.17, 15) is 18.0 Å². The molecule has 0 spiro atoms. The average molecular weight is 450 g/mol. The van der Waals surface area contributed by atoms with Gasteiger partial charge in [0.15, 0.2) is 0 Å². The zero-order valence-corrected chi connectivity index (χ0v) is 19.0. The van der Waals surface area contributed by atoms with Gasteiger partial charge in [-0.15, -0.1) is 11.3 Å². The van der Waals surface area contributed by atoms with Crippen molar-refractivity contribution < 1.29 is 18.0 Å². The van der Waals surface area contributed by atoms with Crippen LogP contribution in [0.2, 0.25) is 0 Å². The summed E-state index contributed by atoms with van der Waals surface area (Å²) in [4.78, 5) is 26.7. The van der Waals surface area contributed by atoms with E-state index in [1.54, 1.807) is 24.3 Å². The molecule has 0 atom stereocenters. The number of carbonyl (C=O) groups is 2. The average Bonchev–Trinajstić information content (AvgIpc) is 3.13. The first-order valence-corrected chi connectivity index (χ1v) is 12.2. The summed E-state index contributed by atoms with van der Waals surface area (Å²) in [5.74, 6) is -0.971. The molecule has 2 N–H and O–H groups in total. The maximum Gasteiger partial charge on any atom is 0.279 e. The minimum Gasteiger partial charge on any atom is -0.273 e. The molecule has 2 heterocycles. The molecule has 1 aliphatic rings. The molecule has 30 heavy (non-hydrogen) atoms. The highest BCUT2D eigenvalue weighted by Gasteiger charge is 2.32. The number of hydrogen-bond donors (Lipinski definition) is 2. The van der Waals surface area contributed by atoms with E-state index in [-0.39, 0.29) is 35.7 Å². The van der Waals surface area contributed by atoms with Gasteiger partial charge in [-0.25, -0.2) is 8.42 Å². The highest BCUT2D eigenvalue weighted by molar-refractivity contribution is 7.89. The normalized spacial score (nSPS) is 15.7. The SMILES string of the molecule is CCc1sc(C(=O)NNC(=O)C2CCN(S(=O)(=O)c3ccc(C)cc3)CC2)cc1C. The van der Waals surface area contributed by atoms with Crippen LogP contribution < -0.4 is 10.9 Å². The molecule has 2 amide bonds. The van der Waals surface area contributed by atoms with Crippen molar-refractivity contribution in [2.24, 2.45) is 5.92 Å². The second-order valence-electron chi connectivity index (χ2n) is 7.51. The number of hydrazine groups is 1. The smallest absolute Gasteiger partial charge is 0.273 e. The molecule has 0 unspecified atom stereocenters. The number of carbonyl (C=O) groups excluding carboxylic acids is 2. The molecule has 7 nitrogen and oxygen atoms in total. The lowest BCUT2D eigenvalue weighted by Crippen LogP contribution is -2.48. The number of hydrogen-bond acceptors (Lipinski definition) is 5. The number of amides is 2. The van der Waals surface area contributed by atoms with E-state index in [1.807, 2.05) is 26.8 Å². The zero-order chi connectivity index (χ0) is 21.9. The quantitative estimate of drug-likeness (QED) is 0.686. The highest BCUT2D eigenvalue weighted by atomic mass is 32.2. The minimum absolute atomic E-state index is 0.265. The number of rotatable bonds is 5. The van der Waals surface area contributed by atoms with Crippen LogP contribution >= 0.6 is 11.3 Å². The van der Waals surface area contributed by atoms with E-state index in [1.165, 1.54) is 15.6 Å². The fourth-order valence-electron chi connectivity index (χ4n) is 3.48. The molecule has 1 fully saturated rings. The summed E-state index contributed by atoms with van der Waals surface area (Å²) >= 11 is 1.42. The molecule has 1 aliphatic heterocycles. The van der Waals surface area contributed by atoms with E-state index >= 15 is 0 Å². The first-order valence-electron chi connectivity index (χ1n) is 9.98. The van der Waals surface area contributed by atoms with Gasteiger partial charge in [-0.3, -0.25) is 20.4 Å². The Morgan fingerprint density at radius 3 is 2.30 bits per heavy atom. The van der Waals surface area contributed by atoms with Gasteiger partial charge < -0.3 is 0 Å². The Morgan fingerprint density at radius 2 is 1.73 bits per heavy atom. The number of nitrogens with zero attached hydrogens (tertiary/aromatic N) is 1. The van der Waals surface area contributed by atoms with Gasteiger partial charge in [0.05, 0.1) is 9.77 Å². The van der Waals surface area contributed by atoms with Crippen LogP contribution in [-0.2, 0) is 21.2 Å². The number of sulfonamides is 1. The van der Waals surface area contributed by atoms with E-state index in [0.29, 0.717) is 17.7 Å². The Kier molecular flexibility index (Phi) is 6.95. The standard InChI is InChI=1S/C21H27N3O4S2/c1-4-18-15(3)13-19(29-18)21(26)23-22-20(25)16-9-11-24(12-10-16)30(27,28)17-7-5-14(2)6-8-17/h5-8,13,16H,4,9-12H2,1-3H3,(H,22,25)(H,23,26). The third kappa shape index (κ3) is 4.91. The fraction of sp³-hybridized carbons (Fsp3) is 0.429. The summed E-state index contributed by atoms with van der Waals surface area (Å²) in [6.45, 7) is 6.44. The molecular formula is C21H27N3O4S2. The molecule has 1 aromatic heterocycles. The van der Waals surface area contributed by atoms with Crippen molar-refractivity contribution in [2.45, 2.75) is 44.9 Å². The largest absolute Gasteiger partial charge is 0.279 e. The van der Waals surface area contributed by atoms with Crippen molar-refractivity contribution in [3.8, 4) is 0 Å². The highest BCUT2D eigenvalue weighted by Crippen LogP contribution is 2.24. The fourth-order valence-corrected chi connectivity index (χ4v) is 5.96. The third-order valence-corrected chi connectivity index (χ3v) is 8.64. The van der Waals surface area contributed by atoms with Crippen LogP contribution in [0.25, 0.3) is 0 Å². The summed E-state index contributed by atoms with van der Waals surface area (Å²) < 4.78 is 27.0. The van der Waals surface area contributed by atoms with Gasteiger partial charge in [-0.2, -0.15) is 4.31 Å². The van der Waals surface area contributed by atoms with E-state index in [4.69, 9.17) is 0 Å². The Labute approximate surface area is 181 Å². The molecule has 0 bridgehead atoms. The predicted molar refractivity (Wildman–Crippen MR) is 117 cm³/mol. The number of nitrogens with one attached hydrogen (secondary N) is 2. The van der Waals surface area contributed by atoms with Crippen molar-refractivity contribution in [1.29, 1.82) is 0 Å². The van der Waals surface area contributed by atoms with Gasteiger partial charge in [0.25, 0.3) is 5.91 Å². The monoisotopic (exact) mass is 449 g/mol. The first kappa shape index (κ1) is 22.5. The summed E-state index contributed by atoms with van der Waals surface area (Å²) in [5, 5.41) is 0. The van der Waals surface area contributed by atoms with Gasteiger partial charge in [0.1, 0.15) is 0 Å². The molecule has 1 aromatic carbocycles. The molecular weight excluding hydrogens is 422 g/mol. The zero-order valence-electron chi connectivity index (χ0n) is 17.4. The van der Waals surface area contributed by atoms with E-state index < -0.39 is 10.0 Å². The Hall–Kier alpha value is -2.23. The van der Waals surface area contributed by atoms with Gasteiger partial charge >= 0.3 is 0 Å². The van der Waals surface area contributed by atoms with Gasteiger partial charge in [-0.1, -0.05) is 24.6 Å². The number of benzene rings is 1. The van der Waals surface area contributed by atoms with Crippen molar-refractivity contribution in [1.82, 2.24) is 15.2 Å². The molecule has 0 aliphatic carbocycles. The summed E-state index contributed by atoms with van der Waals surface area (Å²) in [5.41, 5.74) is 7.03. The van der Waals surface area contributed by atoms with Crippen LogP contribution in [-0.4, -0.2) is 37.6 Å². The lowest BCUT2D eigenvalue weighted by Gasteiger charge is -2.30. The van der Waals surface area contributed by atoms with Crippen LogP contribution in [0.4, 0.5) is 0 Å². The van der Waals surface area contributed by atoms with Crippen molar-refractivity contribution in [3.63, 3.8) is 0 Å². The second-order valence-corrected chi connectivity index (χ2v) is 10.6. The summed E-state index contributed by atoms with van der Waals surface area (Å²) in [6, 6.07) is 8.58. The molecule has 9 heteroatoms. The second kappa shape index (κ2) is 9.28. The minimum atomic E-state index is -3.56. The Balaban J connectivity index is 1.52. The Bertz CT molecular complexity index is 1020. The van der Waals surface area contributed by atoms with Gasteiger partial charge in [0, 0.05) is 23.9 Å². The third-order valence-electron chi connectivity index (χ3n) is 5.35. The molecule has 2 aromatic rings. The van der Waals surface area contributed by atoms with Crippen LogP contribution in [0.3, 0.4) is 0 Å². The number of piperidine rings is 1. The van der Waals surface area contributed by atoms with Crippen LogP contribution in [0.5, 0.6) is 0 Å². The van der Waals surface area contributed by atoms with Crippen LogP contribution in [0.1, 0.15) is 45.4 Å². The summed E-state index contributed by atoms with van der Waals surface area (Å²) in [6.07, 6.45) is 1.68. The van der Waals surface area contributed by atoms with E-state index in [0.717, 1.165) is 22.4 Å². The van der Waals surface area contributed by atoms with Crippen LogP contribution in [0, 0.1) is 19.8 Å². The molecule has 162 valence electrons. The Morgan fingerprint density at radius 1 is 1.10 bits per heavy atom. The maximum absolute atomic E-state index is 12.8. The van der Waals surface area contributed by atoms with Crippen molar-refractivity contribution in [2.75, 3.05) is 13.1 Å². The lowest BCUT2D eigenvalue weighted by molar-refractivity contribution is -0.126. The van der Waals surface area contributed by atoms with Crippen molar-refractivity contribution >= 4 is 33.2 Å². The predicted octanol–water partition coefficient (Wildman–Crippen LogP) is 2.79. The molecule has 1 saturated heterocycles. The lowest BCUT2D eigenvalue weighted by atomic mass is 9.98. The molecule has 3 rings (SSSR count). The number of thiophene rings is 1. The first-order chi connectivity index (χ1) is 14.2. The van der Waals surface area contributed by atoms with Gasteiger partial charge in [0.2, 0.25) is 15.9 Å².